The molecule has 1 saturated heterocycles. The van der Waals surface area contributed by atoms with Crippen LogP contribution in [0.25, 0.3) is 11.0 Å². The number of para-hydroxylation sites is 2. The van der Waals surface area contributed by atoms with E-state index in [1.807, 2.05) is 30.3 Å². The fourth-order valence-corrected chi connectivity index (χ4v) is 3.56. The Labute approximate surface area is 160 Å². The first-order valence-corrected chi connectivity index (χ1v) is 9.13. The highest BCUT2D eigenvalue weighted by molar-refractivity contribution is 6.03. The lowest BCUT2D eigenvalue weighted by molar-refractivity contribution is -0.122. The van der Waals surface area contributed by atoms with Gasteiger partial charge in [-0.25, -0.2) is 4.98 Å². The molecular weight excluding hydrogens is 360 g/mol. The maximum atomic E-state index is 12.7. The van der Waals surface area contributed by atoms with Crippen LogP contribution >= 0.6 is 0 Å². The second kappa shape index (κ2) is 6.56. The number of rotatable bonds is 3. The summed E-state index contributed by atoms with van der Waals surface area (Å²) in [5, 5.41) is 2.79. The van der Waals surface area contributed by atoms with Gasteiger partial charge in [-0.05, 0) is 24.3 Å². The second-order valence-corrected chi connectivity index (χ2v) is 6.83. The lowest BCUT2D eigenvalue weighted by Crippen LogP contribution is -2.28. The van der Waals surface area contributed by atoms with Gasteiger partial charge in [0, 0.05) is 24.7 Å². The minimum Gasteiger partial charge on any atom is -0.486 e. The number of H-pyrrole nitrogens is 1. The Balaban J connectivity index is 1.31. The molecule has 2 aromatic carbocycles. The molecule has 3 aromatic rings. The molecule has 0 unspecified atom stereocenters. The van der Waals surface area contributed by atoms with Gasteiger partial charge in [-0.2, -0.15) is 0 Å². The Bertz CT molecular complexity index is 1040. The largest absolute Gasteiger partial charge is 0.486 e. The van der Waals surface area contributed by atoms with Gasteiger partial charge in [0.05, 0.1) is 17.0 Å². The van der Waals surface area contributed by atoms with Gasteiger partial charge >= 0.3 is 0 Å². The first-order valence-electron chi connectivity index (χ1n) is 9.13. The van der Waals surface area contributed by atoms with Crippen molar-refractivity contribution in [2.24, 2.45) is 5.92 Å². The van der Waals surface area contributed by atoms with Crippen molar-refractivity contribution in [3.63, 3.8) is 0 Å². The predicted molar refractivity (Wildman–Crippen MR) is 103 cm³/mol. The van der Waals surface area contributed by atoms with Crippen molar-refractivity contribution in [2.45, 2.75) is 6.42 Å². The molecule has 2 amide bonds. The number of imidazole rings is 1. The van der Waals surface area contributed by atoms with Crippen LogP contribution in [0.5, 0.6) is 11.5 Å². The number of carbonyl (C=O) groups is 2. The number of anilines is 2. The van der Waals surface area contributed by atoms with E-state index in [-0.39, 0.29) is 18.2 Å². The standard InChI is InChI=1S/C20H18N4O4/c25-18-9-12(19(26)23-20-21-14-3-1-2-4-15(14)22-20)11-24(18)13-5-6-16-17(10-13)28-8-7-27-16/h1-6,10,12H,7-9,11H2,(H2,21,22,23,26)/t12-/m0/s1. The lowest BCUT2D eigenvalue weighted by Gasteiger charge is -2.22. The Hall–Kier alpha value is -3.55. The van der Waals surface area contributed by atoms with E-state index < -0.39 is 5.92 Å². The zero-order chi connectivity index (χ0) is 19.1. The van der Waals surface area contributed by atoms with Gasteiger partial charge in [0.15, 0.2) is 11.5 Å². The van der Waals surface area contributed by atoms with E-state index in [9.17, 15) is 9.59 Å². The molecule has 8 nitrogen and oxygen atoms in total. The first kappa shape index (κ1) is 16.6. The molecule has 1 fully saturated rings. The molecule has 0 bridgehead atoms. The van der Waals surface area contributed by atoms with Gasteiger partial charge < -0.3 is 19.4 Å². The van der Waals surface area contributed by atoms with Crippen LogP contribution in [0.2, 0.25) is 0 Å². The van der Waals surface area contributed by atoms with Crippen molar-refractivity contribution in [3.8, 4) is 11.5 Å². The van der Waals surface area contributed by atoms with E-state index in [0.717, 1.165) is 11.0 Å². The number of amides is 2. The van der Waals surface area contributed by atoms with E-state index in [4.69, 9.17) is 9.47 Å². The molecule has 142 valence electrons. The van der Waals surface area contributed by atoms with E-state index in [1.165, 1.54) is 0 Å². The zero-order valence-electron chi connectivity index (χ0n) is 15.0. The number of carbonyl (C=O) groups excluding carboxylic acids is 2. The molecule has 1 aromatic heterocycles. The molecule has 5 rings (SSSR count). The van der Waals surface area contributed by atoms with Crippen LogP contribution in [-0.4, -0.2) is 41.5 Å². The average molecular weight is 378 g/mol. The van der Waals surface area contributed by atoms with Crippen molar-refractivity contribution in [2.75, 3.05) is 30.0 Å². The highest BCUT2D eigenvalue weighted by Crippen LogP contribution is 2.36. The normalized spacial score (nSPS) is 18.5. The van der Waals surface area contributed by atoms with E-state index >= 15 is 0 Å². The van der Waals surface area contributed by atoms with Crippen molar-refractivity contribution in [1.29, 1.82) is 0 Å². The van der Waals surface area contributed by atoms with Crippen molar-refractivity contribution < 1.29 is 19.1 Å². The molecule has 2 aliphatic rings. The van der Waals surface area contributed by atoms with Gasteiger partial charge in [-0.3, -0.25) is 14.9 Å². The molecule has 2 aliphatic heterocycles. The van der Waals surface area contributed by atoms with Crippen molar-refractivity contribution in [3.05, 3.63) is 42.5 Å². The third kappa shape index (κ3) is 2.92. The highest BCUT2D eigenvalue weighted by Gasteiger charge is 2.36. The van der Waals surface area contributed by atoms with Crippen LogP contribution < -0.4 is 19.7 Å². The van der Waals surface area contributed by atoms with Crippen LogP contribution in [0.15, 0.2) is 42.5 Å². The van der Waals surface area contributed by atoms with Crippen LogP contribution in [-0.2, 0) is 9.59 Å². The third-order valence-electron chi connectivity index (χ3n) is 4.96. The lowest BCUT2D eigenvalue weighted by atomic mass is 10.1. The quantitative estimate of drug-likeness (QED) is 0.729. The molecule has 28 heavy (non-hydrogen) atoms. The zero-order valence-corrected chi connectivity index (χ0v) is 15.0. The summed E-state index contributed by atoms with van der Waals surface area (Å²) in [5.41, 5.74) is 2.32. The minimum absolute atomic E-state index is 0.0959. The van der Waals surface area contributed by atoms with Gasteiger partial charge in [-0.1, -0.05) is 12.1 Å². The molecule has 2 N–H and O–H groups in total. The van der Waals surface area contributed by atoms with Crippen LogP contribution in [0, 0.1) is 5.92 Å². The number of aromatic amines is 1. The highest BCUT2D eigenvalue weighted by atomic mass is 16.6. The van der Waals surface area contributed by atoms with Crippen LogP contribution in [0.4, 0.5) is 11.6 Å². The third-order valence-corrected chi connectivity index (χ3v) is 4.96. The summed E-state index contributed by atoms with van der Waals surface area (Å²) in [6, 6.07) is 12.9. The minimum atomic E-state index is -0.450. The summed E-state index contributed by atoms with van der Waals surface area (Å²) >= 11 is 0. The van der Waals surface area contributed by atoms with E-state index in [2.05, 4.69) is 15.3 Å². The fourth-order valence-electron chi connectivity index (χ4n) is 3.56. The summed E-state index contributed by atoms with van der Waals surface area (Å²) in [6.07, 6.45) is 0.153. The van der Waals surface area contributed by atoms with Gasteiger partial charge in [0.1, 0.15) is 13.2 Å². The number of benzene rings is 2. The fraction of sp³-hybridized carbons (Fsp3) is 0.250. The Morgan fingerprint density at radius 2 is 1.96 bits per heavy atom. The summed E-state index contributed by atoms with van der Waals surface area (Å²) in [6.45, 7) is 1.30. The number of nitrogens with zero attached hydrogens (tertiary/aromatic N) is 2. The Morgan fingerprint density at radius 1 is 1.14 bits per heavy atom. The summed E-state index contributed by atoms with van der Waals surface area (Å²) in [5.74, 6) is 0.895. The number of aromatic nitrogens is 2. The topological polar surface area (TPSA) is 96.5 Å². The number of nitrogens with one attached hydrogen (secondary N) is 2. The number of fused-ring (bicyclic) bond motifs is 2. The summed E-state index contributed by atoms with van der Waals surface area (Å²) in [4.78, 5) is 34.2. The average Bonchev–Trinajstić information content (AvgIpc) is 3.30. The maximum absolute atomic E-state index is 12.7. The molecule has 1 atom stereocenters. The monoisotopic (exact) mass is 378 g/mol. The molecular formula is C20H18N4O4. The molecule has 0 aliphatic carbocycles. The van der Waals surface area contributed by atoms with Gasteiger partial charge in [-0.15, -0.1) is 0 Å². The molecule has 8 heteroatoms. The predicted octanol–water partition coefficient (Wildman–Crippen LogP) is 2.33. The smallest absolute Gasteiger partial charge is 0.232 e. The number of hydrogen-bond donors (Lipinski definition) is 2. The molecule has 0 saturated carbocycles. The maximum Gasteiger partial charge on any atom is 0.232 e. The molecule has 0 radical (unpaired) electrons. The van der Waals surface area contributed by atoms with Crippen molar-refractivity contribution >= 4 is 34.5 Å². The van der Waals surface area contributed by atoms with Gasteiger partial charge in [0.2, 0.25) is 17.8 Å². The van der Waals surface area contributed by atoms with E-state index in [1.54, 1.807) is 17.0 Å². The summed E-state index contributed by atoms with van der Waals surface area (Å²) < 4.78 is 11.1. The summed E-state index contributed by atoms with van der Waals surface area (Å²) in [7, 11) is 0. The number of hydrogen-bond acceptors (Lipinski definition) is 5. The molecule has 0 spiro atoms. The Kier molecular flexibility index (Phi) is 3.89. The Morgan fingerprint density at radius 3 is 2.82 bits per heavy atom. The van der Waals surface area contributed by atoms with Gasteiger partial charge in [0.25, 0.3) is 0 Å². The van der Waals surface area contributed by atoms with Crippen LogP contribution in [0.1, 0.15) is 6.42 Å². The first-order chi connectivity index (χ1) is 13.7. The van der Waals surface area contributed by atoms with Crippen molar-refractivity contribution in [1.82, 2.24) is 9.97 Å². The SMILES string of the molecule is O=C(Nc1nc2ccccc2[nH]1)[C@H]1CC(=O)N(c2ccc3c(c2)OCCO3)C1. The number of ether oxygens (including phenoxy) is 2. The van der Waals surface area contributed by atoms with Crippen LogP contribution in [0.3, 0.4) is 0 Å². The second-order valence-electron chi connectivity index (χ2n) is 6.83. The van der Waals surface area contributed by atoms with E-state index in [0.29, 0.717) is 42.9 Å². The molecule has 3 heterocycles.